The Morgan fingerprint density at radius 3 is 2.84 bits per heavy atom. The summed E-state index contributed by atoms with van der Waals surface area (Å²) in [6, 6.07) is 11.2. The fourth-order valence-corrected chi connectivity index (χ4v) is 3.56. The number of benzene rings is 1. The van der Waals surface area contributed by atoms with Crippen LogP contribution in [0.1, 0.15) is 23.7 Å². The lowest BCUT2D eigenvalue weighted by Crippen LogP contribution is -2.29. The molecule has 124 valence electrons. The molecule has 0 aliphatic carbocycles. The Hall–Kier alpha value is -2.93. The van der Waals surface area contributed by atoms with Gasteiger partial charge < -0.3 is 5.32 Å². The van der Waals surface area contributed by atoms with Crippen molar-refractivity contribution in [3.05, 3.63) is 59.4 Å². The summed E-state index contributed by atoms with van der Waals surface area (Å²) in [6.07, 6.45) is 3.46. The molecule has 0 saturated heterocycles. The van der Waals surface area contributed by atoms with E-state index in [1.807, 2.05) is 43.3 Å². The van der Waals surface area contributed by atoms with Crippen molar-refractivity contribution in [3.63, 3.8) is 0 Å². The number of pyridine rings is 1. The molecule has 2 amide bonds. The second-order valence-corrected chi connectivity index (χ2v) is 7.00. The van der Waals surface area contributed by atoms with Crippen molar-refractivity contribution < 1.29 is 9.59 Å². The predicted molar refractivity (Wildman–Crippen MR) is 99.3 cm³/mol. The quantitative estimate of drug-likeness (QED) is 0.815. The Bertz CT molecular complexity index is 937. The molecule has 0 fully saturated rings. The Kier molecular flexibility index (Phi) is 3.85. The van der Waals surface area contributed by atoms with Gasteiger partial charge >= 0.3 is 0 Å². The van der Waals surface area contributed by atoms with Gasteiger partial charge in [0, 0.05) is 17.4 Å². The van der Waals surface area contributed by atoms with Crippen molar-refractivity contribution in [2.24, 2.45) is 5.10 Å². The van der Waals surface area contributed by atoms with E-state index in [-0.39, 0.29) is 16.4 Å². The van der Waals surface area contributed by atoms with Crippen molar-refractivity contribution in [1.29, 1.82) is 0 Å². The van der Waals surface area contributed by atoms with Gasteiger partial charge in [0.2, 0.25) is 0 Å². The molecule has 3 heterocycles. The van der Waals surface area contributed by atoms with Gasteiger partial charge in [0.25, 0.3) is 11.1 Å². The number of nitrogens with one attached hydrogen (secondary N) is 2. The zero-order chi connectivity index (χ0) is 17.4. The van der Waals surface area contributed by atoms with Crippen molar-refractivity contribution in [2.45, 2.75) is 12.2 Å². The van der Waals surface area contributed by atoms with E-state index in [4.69, 9.17) is 0 Å². The molecule has 1 unspecified atom stereocenters. The van der Waals surface area contributed by atoms with Gasteiger partial charge in [-0.1, -0.05) is 23.9 Å². The predicted octanol–water partition coefficient (Wildman–Crippen LogP) is 3.12. The summed E-state index contributed by atoms with van der Waals surface area (Å²) in [6.45, 7) is 1.93. The third-order valence-corrected chi connectivity index (χ3v) is 4.90. The highest BCUT2D eigenvalue weighted by atomic mass is 32.2. The van der Waals surface area contributed by atoms with Gasteiger partial charge in [0.15, 0.2) is 0 Å². The zero-order valence-corrected chi connectivity index (χ0v) is 14.1. The van der Waals surface area contributed by atoms with Crippen LogP contribution in [-0.4, -0.2) is 27.1 Å². The van der Waals surface area contributed by atoms with Crippen LogP contribution in [0.3, 0.4) is 0 Å². The molecular formula is C18H14N4O2S. The summed E-state index contributed by atoms with van der Waals surface area (Å²) in [4.78, 5) is 28.0. The first-order valence-electron chi connectivity index (χ1n) is 7.75. The fraction of sp³-hybridized carbons (Fsp3) is 0.111. The van der Waals surface area contributed by atoms with Crippen LogP contribution in [0.4, 0.5) is 10.5 Å². The minimum Gasteiger partial charge on any atom is -0.321 e. The van der Waals surface area contributed by atoms with Gasteiger partial charge in [0.1, 0.15) is 0 Å². The Morgan fingerprint density at radius 2 is 2.08 bits per heavy atom. The van der Waals surface area contributed by atoms with E-state index in [9.17, 15) is 9.59 Å². The number of aromatic nitrogens is 1. The monoisotopic (exact) mass is 350 g/mol. The van der Waals surface area contributed by atoms with E-state index >= 15 is 0 Å². The number of carbonyl (C=O) groups excluding carboxylic acids is 2. The molecule has 2 aliphatic rings. The van der Waals surface area contributed by atoms with Crippen LogP contribution < -0.4 is 10.7 Å². The van der Waals surface area contributed by atoms with Gasteiger partial charge in [-0.3, -0.25) is 14.6 Å². The fourth-order valence-electron chi connectivity index (χ4n) is 2.84. The highest BCUT2D eigenvalue weighted by molar-refractivity contribution is 8.14. The van der Waals surface area contributed by atoms with Gasteiger partial charge in [-0.2, -0.15) is 5.10 Å². The minimum atomic E-state index is -0.162. The highest BCUT2D eigenvalue weighted by Gasteiger charge is 2.27. The molecule has 2 aromatic rings. The molecule has 25 heavy (non-hydrogen) atoms. The van der Waals surface area contributed by atoms with Crippen LogP contribution >= 0.6 is 11.8 Å². The second kappa shape index (κ2) is 6.18. The first-order chi connectivity index (χ1) is 12.1. The minimum absolute atomic E-state index is 0.0555. The summed E-state index contributed by atoms with van der Waals surface area (Å²) in [5, 5.41) is 6.82. The number of hydrazone groups is 1. The molecule has 1 aromatic heterocycles. The summed E-state index contributed by atoms with van der Waals surface area (Å²) in [5.41, 5.74) is 7.01. The third kappa shape index (κ3) is 2.94. The summed E-state index contributed by atoms with van der Waals surface area (Å²) < 4.78 is 0. The van der Waals surface area contributed by atoms with Crippen LogP contribution in [0.2, 0.25) is 0 Å². The van der Waals surface area contributed by atoms with Crippen molar-refractivity contribution in [1.82, 2.24) is 10.4 Å². The SMILES string of the molecule is CC1SC(=O)NN=C1c1ccc2c(c1)C(=Cc1ccccn1)C(=O)N2. The van der Waals surface area contributed by atoms with Crippen molar-refractivity contribution in [3.8, 4) is 0 Å². The van der Waals surface area contributed by atoms with Gasteiger partial charge in [0.05, 0.1) is 22.2 Å². The number of hydrogen-bond acceptors (Lipinski definition) is 5. The molecule has 0 bridgehead atoms. The number of hydrogen-bond donors (Lipinski definition) is 2. The standard InChI is InChI=1S/C18H14N4O2S/c1-10-16(21-22-18(24)25-10)11-5-6-15-13(8-11)14(17(23)20-15)9-12-4-2-3-7-19-12/h2-10H,1H3,(H,20,23)(H,22,24). The normalized spacial score (nSPS) is 20.8. The number of carbonyl (C=O) groups is 2. The molecule has 6 nitrogen and oxygen atoms in total. The van der Waals surface area contributed by atoms with Gasteiger partial charge in [-0.25, -0.2) is 5.43 Å². The molecule has 0 radical (unpaired) electrons. The largest absolute Gasteiger partial charge is 0.321 e. The van der Waals surface area contributed by atoms with E-state index in [2.05, 4.69) is 20.8 Å². The number of thioether (sulfide) groups is 1. The van der Waals surface area contributed by atoms with Crippen LogP contribution in [0.5, 0.6) is 0 Å². The number of rotatable bonds is 2. The van der Waals surface area contributed by atoms with Crippen molar-refractivity contribution >= 4 is 46.0 Å². The van der Waals surface area contributed by atoms with Gasteiger partial charge in [-0.05, 0) is 42.8 Å². The average Bonchev–Trinajstić information content (AvgIpc) is 2.91. The van der Waals surface area contributed by atoms with Crippen LogP contribution in [0.25, 0.3) is 11.6 Å². The molecule has 1 aromatic carbocycles. The van der Waals surface area contributed by atoms with E-state index < -0.39 is 0 Å². The number of nitrogens with zero attached hydrogens (tertiary/aromatic N) is 2. The summed E-state index contributed by atoms with van der Waals surface area (Å²) in [7, 11) is 0. The molecule has 0 spiro atoms. The molecule has 7 heteroatoms. The maximum Gasteiger partial charge on any atom is 0.299 e. The Balaban J connectivity index is 1.76. The van der Waals surface area contributed by atoms with E-state index in [1.54, 1.807) is 12.3 Å². The molecular weight excluding hydrogens is 336 g/mol. The lowest BCUT2D eigenvalue weighted by atomic mass is 9.99. The Labute approximate surface area is 148 Å². The maximum absolute atomic E-state index is 12.3. The first-order valence-corrected chi connectivity index (χ1v) is 8.63. The lowest BCUT2D eigenvalue weighted by molar-refractivity contribution is -0.110. The molecule has 2 aliphatic heterocycles. The Morgan fingerprint density at radius 1 is 1.20 bits per heavy atom. The van der Waals surface area contributed by atoms with Crippen LogP contribution in [0.15, 0.2) is 47.7 Å². The molecule has 1 atom stereocenters. The van der Waals surface area contributed by atoms with Crippen molar-refractivity contribution in [2.75, 3.05) is 5.32 Å². The molecule has 0 saturated carbocycles. The second-order valence-electron chi connectivity index (χ2n) is 5.68. The van der Waals surface area contributed by atoms with E-state index in [0.29, 0.717) is 5.57 Å². The first kappa shape index (κ1) is 15.6. The van der Waals surface area contributed by atoms with Crippen LogP contribution in [-0.2, 0) is 4.79 Å². The smallest absolute Gasteiger partial charge is 0.299 e. The van der Waals surface area contributed by atoms with E-state index in [1.165, 1.54) is 11.8 Å². The maximum atomic E-state index is 12.3. The average molecular weight is 350 g/mol. The third-order valence-electron chi connectivity index (χ3n) is 4.01. The topological polar surface area (TPSA) is 83.5 Å². The molecule has 4 rings (SSSR count). The zero-order valence-electron chi connectivity index (χ0n) is 13.3. The highest BCUT2D eigenvalue weighted by Crippen LogP contribution is 2.34. The van der Waals surface area contributed by atoms with E-state index in [0.717, 1.165) is 28.2 Å². The molecule has 2 N–H and O–H groups in total. The number of amides is 2. The number of anilines is 1. The lowest BCUT2D eigenvalue weighted by Gasteiger charge is -2.18. The number of fused-ring (bicyclic) bond motifs is 1. The van der Waals surface area contributed by atoms with Crippen LogP contribution in [0, 0.1) is 0 Å². The summed E-state index contributed by atoms with van der Waals surface area (Å²) >= 11 is 1.19. The summed E-state index contributed by atoms with van der Waals surface area (Å²) in [5.74, 6) is -0.154. The van der Waals surface area contributed by atoms with Gasteiger partial charge in [-0.15, -0.1) is 0 Å².